The molecule has 0 unspecified atom stereocenters. The van der Waals surface area contributed by atoms with Gasteiger partial charge in [-0.15, -0.1) is 0 Å². The second-order valence-electron chi connectivity index (χ2n) is 4.78. The lowest BCUT2D eigenvalue weighted by atomic mass is 10.2. The maximum absolute atomic E-state index is 12.9. The van der Waals surface area contributed by atoms with Gasteiger partial charge in [0.25, 0.3) is 5.89 Å². The number of carbonyl (C=O) groups is 1. The number of carbonyl (C=O) groups excluding carboxylic acids is 1. The Balaban J connectivity index is 1.64. The number of aryl methyl sites for hydroxylation is 1. The van der Waals surface area contributed by atoms with Crippen LogP contribution in [0.15, 0.2) is 47.1 Å². The van der Waals surface area contributed by atoms with Crippen LogP contribution in [0.3, 0.4) is 0 Å². The summed E-state index contributed by atoms with van der Waals surface area (Å²) in [5, 5.41) is 3.77. The van der Waals surface area contributed by atoms with E-state index in [1.807, 2.05) is 6.92 Å². The first kappa shape index (κ1) is 14.8. The number of rotatable bonds is 4. The third-order valence-electron chi connectivity index (χ3n) is 3.04. The smallest absolute Gasteiger partial charge is 0.340 e. The van der Waals surface area contributed by atoms with Gasteiger partial charge in [-0.2, -0.15) is 4.98 Å². The molecule has 0 aliphatic rings. The van der Waals surface area contributed by atoms with Crippen molar-refractivity contribution in [2.45, 2.75) is 13.5 Å². The molecule has 0 fully saturated rings. The second-order valence-corrected chi connectivity index (χ2v) is 4.78. The summed E-state index contributed by atoms with van der Waals surface area (Å²) in [4.78, 5) is 20.0. The van der Waals surface area contributed by atoms with E-state index >= 15 is 0 Å². The average Bonchev–Trinajstić information content (AvgIpc) is 3.03. The molecule has 0 aliphatic carbocycles. The van der Waals surface area contributed by atoms with Gasteiger partial charge in [-0.3, -0.25) is 4.98 Å². The Kier molecular flexibility index (Phi) is 4.09. The molecule has 1 aromatic carbocycles. The summed E-state index contributed by atoms with van der Waals surface area (Å²) < 4.78 is 23.0. The Morgan fingerprint density at radius 3 is 2.70 bits per heavy atom. The van der Waals surface area contributed by atoms with Crippen LogP contribution in [0.4, 0.5) is 4.39 Å². The third-order valence-corrected chi connectivity index (χ3v) is 3.04. The number of hydrogen-bond acceptors (Lipinski definition) is 6. The largest absolute Gasteiger partial charge is 0.452 e. The fourth-order valence-corrected chi connectivity index (χ4v) is 1.83. The van der Waals surface area contributed by atoms with Crippen molar-refractivity contribution in [1.29, 1.82) is 0 Å². The van der Waals surface area contributed by atoms with Gasteiger partial charge in [-0.05, 0) is 43.3 Å². The second kappa shape index (κ2) is 6.35. The van der Waals surface area contributed by atoms with E-state index in [0.29, 0.717) is 17.0 Å². The summed E-state index contributed by atoms with van der Waals surface area (Å²) in [5.74, 6) is -0.428. The number of benzene rings is 1. The standard InChI is InChI=1S/C16H12FN3O3/c1-10-2-3-12(8-18-10)16(21)22-9-14-19-15(20-23-14)11-4-6-13(17)7-5-11/h2-8H,9H2,1H3. The van der Waals surface area contributed by atoms with Gasteiger partial charge in [-0.25, -0.2) is 9.18 Å². The first-order valence-electron chi connectivity index (χ1n) is 6.80. The number of pyridine rings is 1. The molecule has 23 heavy (non-hydrogen) atoms. The number of nitrogens with zero attached hydrogens (tertiary/aromatic N) is 3. The van der Waals surface area contributed by atoms with Crippen LogP contribution in [0, 0.1) is 12.7 Å². The van der Waals surface area contributed by atoms with Crippen LogP contribution in [-0.2, 0) is 11.3 Å². The minimum Gasteiger partial charge on any atom is -0.452 e. The zero-order valence-corrected chi connectivity index (χ0v) is 12.2. The van der Waals surface area contributed by atoms with E-state index in [0.717, 1.165) is 5.69 Å². The molecular weight excluding hydrogens is 301 g/mol. The van der Waals surface area contributed by atoms with Gasteiger partial charge in [0.1, 0.15) is 5.82 Å². The minimum atomic E-state index is -0.529. The Morgan fingerprint density at radius 2 is 2.00 bits per heavy atom. The molecule has 0 amide bonds. The normalized spacial score (nSPS) is 10.5. The van der Waals surface area contributed by atoms with Crippen LogP contribution in [0.5, 0.6) is 0 Å². The number of aromatic nitrogens is 3. The van der Waals surface area contributed by atoms with E-state index < -0.39 is 5.97 Å². The highest BCUT2D eigenvalue weighted by Gasteiger charge is 2.12. The summed E-state index contributed by atoms with van der Waals surface area (Å²) in [5.41, 5.74) is 1.76. The quantitative estimate of drug-likeness (QED) is 0.689. The number of ether oxygens (including phenoxy) is 1. The first-order chi connectivity index (χ1) is 11.1. The van der Waals surface area contributed by atoms with Gasteiger partial charge in [0.2, 0.25) is 5.82 Å². The third kappa shape index (κ3) is 3.57. The summed E-state index contributed by atoms with van der Waals surface area (Å²) in [6.07, 6.45) is 1.44. The van der Waals surface area contributed by atoms with Gasteiger partial charge >= 0.3 is 5.97 Å². The fourth-order valence-electron chi connectivity index (χ4n) is 1.83. The highest BCUT2D eigenvalue weighted by atomic mass is 19.1. The van der Waals surface area contributed by atoms with Gasteiger partial charge in [0.05, 0.1) is 5.56 Å². The molecule has 0 spiro atoms. The fraction of sp³-hybridized carbons (Fsp3) is 0.125. The molecule has 0 radical (unpaired) electrons. The van der Waals surface area contributed by atoms with Gasteiger partial charge in [0.15, 0.2) is 6.61 Å². The lowest BCUT2D eigenvalue weighted by Gasteiger charge is -2.01. The van der Waals surface area contributed by atoms with Crippen molar-refractivity contribution in [3.8, 4) is 11.4 Å². The van der Waals surface area contributed by atoms with Crippen LogP contribution in [0.25, 0.3) is 11.4 Å². The Hall–Kier alpha value is -3.09. The van der Waals surface area contributed by atoms with Crippen LogP contribution >= 0.6 is 0 Å². The SMILES string of the molecule is Cc1ccc(C(=O)OCc2nc(-c3ccc(F)cc3)no2)cn1. The molecule has 0 atom stereocenters. The van der Waals surface area contributed by atoms with Crippen LogP contribution in [0.2, 0.25) is 0 Å². The van der Waals surface area contributed by atoms with Crippen molar-refractivity contribution < 1.29 is 18.4 Å². The lowest BCUT2D eigenvalue weighted by molar-refractivity contribution is 0.0429. The number of hydrogen-bond donors (Lipinski definition) is 0. The Labute approximate surface area is 130 Å². The van der Waals surface area contributed by atoms with Crippen molar-refractivity contribution in [3.05, 3.63) is 65.6 Å². The van der Waals surface area contributed by atoms with E-state index in [2.05, 4.69) is 15.1 Å². The van der Waals surface area contributed by atoms with Crippen LogP contribution < -0.4 is 0 Å². The summed E-state index contributed by atoms with van der Waals surface area (Å²) >= 11 is 0. The predicted octanol–water partition coefficient (Wildman–Crippen LogP) is 2.94. The monoisotopic (exact) mass is 313 g/mol. The summed E-state index contributed by atoms with van der Waals surface area (Å²) in [7, 11) is 0. The molecule has 0 N–H and O–H groups in total. The molecule has 2 heterocycles. The van der Waals surface area contributed by atoms with Gasteiger partial charge in [0, 0.05) is 17.5 Å². The van der Waals surface area contributed by atoms with E-state index in [1.54, 1.807) is 12.1 Å². The maximum Gasteiger partial charge on any atom is 0.340 e. The van der Waals surface area contributed by atoms with Crippen molar-refractivity contribution in [3.63, 3.8) is 0 Å². The van der Waals surface area contributed by atoms with E-state index in [-0.39, 0.29) is 18.3 Å². The Bertz CT molecular complexity index is 813. The molecule has 7 heteroatoms. The molecule has 3 rings (SSSR count). The molecule has 3 aromatic rings. The van der Waals surface area contributed by atoms with Gasteiger partial charge in [-0.1, -0.05) is 5.16 Å². The van der Waals surface area contributed by atoms with Crippen molar-refractivity contribution in [2.75, 3.05) is 0 Å². The lowest BCUT2D eigenvalue weighted by Crippen LogP contribution is -2.06. The molecule has 0 bridgehead atoms. The zero-order valence-electron chi connectivity index (χ0n) is 12.2. The van der Waals surface area contributed by atoms with Crippen molar-refractivity contribution in [2.24, 2.45) is 0 Å². The molecule has 0 aliphatic heterocycles. The van der Waals surface area contributed by atoms with Crippen molar-refractivity contribution in [1.82, 2.24) is 15.1 Å². The average molecular weight is 313 g/mol. The molecule has 0 saturated carbocycles. The number of halogens is 1. The van der Waals surface area contributed by atoms with E-state index in [9.17, 15) is 9.18 Å². The van der Waals surface area contributed by atoms with E-state index in [4.69, 9.17) is 9.26 Å². The zero-order chi connectivity index (χ0) is 16.2. The molecule has 0 saturated heterocycles. The highest BCUT2D eigenvalue weighted by Crippen LogP contribution is 2.16. The van der Waals surface area contributed by atoms with E-state index in [1.165, 1.54) is 30.5 Å². The maximum atomic E-state index is 12.9. The summed E-state index contributed by atoms with van der Waals surface area (Å²) in [6, 6.07) is 9.02. The first-order valence-corrected chi connectivity index (χ1v) is 6.80. The van der Waals surface area contributed by atoms with Crippen LogP contribution in [-0.4, -0.2) is 21.1 Å². The topological polar surface area (TPSA) is 78.1 Å². The molecular formula is C16H12FN3O3. The molecule has 6 nitrogen and oxygen atoms in total. The summed E-state index contributed by atoms with van der Waals surface area (Å²) in [6.45, 7) is 1.67. The van der Waals surface area contributed by atoms with Crippen LogP contribution in [0.1, 0.15) is 21.9 Å². The Morgan fingerprint density at radius 1 is 1.22 bits per heavy atom. The molecule has 116 valence electrons. The number of esters is 1. The molecule has 2 aromatic heterocycles. The highest BCUT2D eigenvalue weighted by molar-refractivity contribution is 5.88. The minimum absolute atomic E-state index is 0.151. The predicted molar refractivity (Wildman–Crippen MR) is 77.8 cm³/mol. The van der Waals surface area contributed by atoms with Crippen molar-refractivity contribution >= 4 is 5.97 Å². The van der Waals surface area contributed by atoms with Gasteiger partial charge < -0.3 is 9.26 Å².